The zero-order valence-corrected chi connectivity index (χ0v) is 12.6. The maximum absolute atomic E-state index is 5.72. The van der Waals surface area contributed by atoms with Crippen LogP contribution in [-0.2, 0) is 19.5 Å². The van der Waals surface area contributed by atoms with E-state index in [1.54, 1.807) is 11.3 Å². The highest BCUT2D eigenvalue weighted by molar-refractivity contribution is 9.11. The number of rotatable bonds is 6. The SMILES string of the molecule is NCc1ccccc1CCNCc1ccc(Br)s1. The third kappa shape index (κ3) is 3.92. The van der Waals surface area contributed by atoms with Gasteiger partial charge in [0.25, 0.3) is 0 Å². The smallest absolute Gasteiger partial charge is 0.0701 e. The van der Waals surface area contributed by atoms with Crippen LogP contribution in [0.4, 0.5) is 0 Å². The number of nitrogens with two attached hydrogens (primary N) is 1. The standard InChI is InChI=1S/C14H17BrN2S/c15-14-6-5-13(18-14)10-17-8-7-11-3-1-2-4-12(11)9-16/h1-6,17H,7-10,16H2. The molecular weight excluding hydrogens is 308 g/mol. The summed E-state index contributed by atoms with van der Waals surface area (Å²) in [5.74, 6) is 0. The Bertz CT molecular complexity index is 496. The molecule has 0 radical (unpaired) electrons. The van der Waals surface area contributed by atoms with Crippen LogP contribution in [0.3, 0.4) is 0 Å². The Morgan fingerprint density at radius 2 is 1.89 bits per heavy atom. The molecule has 0 aliphatic carbocycles. The molecule has 0 fully saturated rings. The fourth-order valence-electron chi connectivity index (χ4n) is 1.88. The minimum absolute atomic E-state index is 0.619. The van der Waals surface area contributed by atoms with Crippen LogP contribution in [0.5, 0.6) is 0 Å². The first kappa shape index (κ1) is 13.7. The van der Waals surface area contributed by atoms with Crippen LogP contribution in [0.25, 0.3) is 0 Å². The van der Waals surface area contributed by atoms with Gasteiger partial charge in [-0.2, -0.15) is 0 Å². The van der Waals surface area contributed by atoms with E-state index in [-0.39, 0.29) is 0 Å². The van der Waals surface area contributed by atoms with Crippen molar-refractivity contribution >= 4 is 27.3 Å². The third-order valence-corrected chi connectivity index (χ3v) is 4.46. The van der Waals surface area contributed by atoms with Crippen LogP contribution < -0.4 is 11.1 Å². The Morgan fingerprint density at radius 3 is 2.56 bits per heavy atom. The van der Waals surface area contributed by atoms with Gasteiger partial charge in [-0.3, -0.25) is 0 Å². The molecule has 18 heavy (non-hydrogen) atoms. The molecule has 4 heteroatoms. The molecule has 0 aliphatic heterocycles. The van der Waals surface area contributed by atoms with E-state index >= 15 is 0 Å². The van der Waals surface area contributed by atoms with Crippen molar-refractivity contribution in [1.29, 1.82) is 0 Å². The van der Waals surface area contributed by atoms with Gasteiger partial charge in [0, 0.05) is 18.0 Å². The molecule has 3 N–H and O–H groups in total. The van der Waals surface area contributed by atoms with E-state index < -0.39 is 0 Å². The van der Waals surface area contributed by atoms with Crippen molar-refractivity contribution in [2.75, 3.05) is 6.54 Å². The van der Waals surface area contributed by atoms with E-state index in [4.69, 9.17) is 5.73 Å². The summed E-state index contributed by atoms with van der Waals surface area (Å²) in [6.07, 6.45) is 1.03. The number of hydrogen-bond donors (Lipinski definition) is 2. The molecule has 0 saturated heterocycles. The largest absolute Gasteiger partial charge is 0.326 e. The lowest BCUT2D eigenvalue weighted by Gasteiger charge is -2.08. The van der Waals surface area contributed by atoms with Crippen molar-refractivity contribution in [2.24, 2.45) is 5.73 Å². The molecule has 1 aromatic heterocycles. The number of hydrogen-bond acceptors (Lipinski definition) is 3. The van der Waals surface area contributed by atoms with Gasteiger partial charge in [-0.05, 0) is 52.2 Å². The van der Waals surface area contributed by atoms with Crippen molar-refractivity contribution in [3.8, 4) is 0 Å². The molecular formula is C14H17BrN2S. The average Bonchev–Trinajstić information content (AvgIpc) is 2.81. The molecule has 1 heterocycles. The molecule has 0 aliphatic rings. The highest BCUT2D eigenvalue weighted by Crippen LogP contribution is 2.21. The van der Waals surface area contributed by atoms with E-state index in [1.165, 1.54) is 19.8 Å². The number of nitrogens with one attached hydrogen (secondary N) is 1. The second kappa shape index (κ2) is 7.04. The van der Waals surface area contributed by atoms with Crippen molar-refractivity contribution in [2.45, 2.75) is 19.5 Å². The minimum atomic E-state index is 0.619. The molecule has 96 valence electrons. The van der Waals surface area contributed by atoms with Gasteiger partial charge in [-0.15, -0.1) is 11.3 Å². The number of halogens is 1. The predicted molar refractivity (Wildman–Crippen MR) is 81.8 cm³/mol. The minimum Gasteiger partial charge on any atom is -0.326 e. The fourth-order valence-corrected chi connectivity index (χ4v) is 3.33. The highest BCUT2D eigenvalue weighted by atomic mass is 79.9. The topological polar surface area (TPSA) is 38.0 Å². The molecule has 0 amide bonds. The van der Waals surface area contributed by atoms with Crippen molar-refractivity contribution in [1.82, 2.24) is 5.32 Å². The van der Waals surface area contributed by atoms with Crippen LogP contribution in [0.15, 0.2) is 40.2 Å². The summed E-state index contributed by atoms with van der Waals surface area (Å²) in [6.45, 7) is 2.53. The van der Waals surface area contributed by atoms with Gasteiger partial charge in [0.2, 0.25) is 0 Å². The van der Waals surface area contributed by atoms with Crippen LogP contribution in [0, 0.1) is 0 Å². The summed E-state index contributed by atoms with van der Waals surface area (Å²) in [6, 6.07) is 12.6. The molecule has 0 bridgehead atoms. The zero-order valence-electron chi connectivity index (χ0n) is 10.2. The summed E-state index contributed by atoms with van der Waals surface area (Å²) in [5.41, 5.74) is 8.32. The molecule has 0 saturated carbocycles. The van der Waals surface area contributed by atoms with Crippen molar-refractivity contribution in [3.63, 3.8) is 0 Å². The van der Waals surface area contributed by atoms with E-state index in [0.717, 1.165) is 19.5 Å². The lowest BCUT2D eigenvalue weighted by atomic mass is 10.0. The maximum Gasteiger partial charge on any atom is 0.0701 e. The Hall–Kier alpha value is -0.680. The number of benzene rings is 1. The summed E-state index contributed by atoms with van der Waals surface area (Å²) in [5, 5.41) is 3.46. The van der Waals surface area contributed by atoms with Crippen LogP contribution >= 0.6 is 27.3 Å². The molecule has 2 rings (SSSR count). The van der Waals surface area contributed by atoms with Crippen molar-refractivity contribution < 1.29 is 0 Å². The maximum atomic E-state index is 5.72. The first-order valence-corrected chi connectivity index (χ1v) is 7.62. The van der Waals surface area contributed by atoms with Crippen molar-refractivity contribution in [3.05, 3.63) is 56.2 Å². The Labute approximate surface area is 120 Å². The van der Waals surface area contributed by atoms with Gasteiger partial charge in [-0.1, -0.05) is 24.3 Å². The molecule has 2 aromatic rings. The quantitative estimate of drug-likeness (QED) is 0.800. The van der Waals surface area contributed by atoms with Gasteiger partial charge >= 0.3 is 0 Å². The predicted octanol–water partition coefficient (Wildman–Crippen LogP) is 3.30. The summed E-state index contributed by atoms with van der Waals surface area (Å²) in [7, 11) is 0. The molecule has 0 unspecified atom stereocenters. The first-order valence-electron chi connectivity index (χ1n) is 6.01. The zero-order chi connectivity index (χ0) is 12.8. The van der Waals surface area contributed by atoms with Gasteiger partial charge in [0.15, 0.2) is 0 Å². The average molecular weight is 325 g/mol. The van der Waals surface area contributed by atoms with E-state index in [0.29, 0.717) is 6.54 Å². The van der Waals surface area contributed by atoms with Crippen LogP contribution in [0.2, 0.25) is 0 Å². The molecule has 0 atom stereocenters. The number of thiophene rings is 1. The monoisotopic (exact) mass is 324 g/mol. The molecule has 0 spiro atoms. The third-order valence-electron chi connectivity index (χ3n) is 2.84. The van der Waals surface area contributed by atoms with E-state index in [2.05, 4.69) is 51.6 Å². The molecule has 1 aromatic carbocycles. The van der Waals surface area contributed by atoms with Crippen LogP contribution in [0.1, 0.15) is 16.0 Å². The van der Waals surface area contributed by atoms with Gasteiger partial charge in [0.05, 0.1) is 3.79 Å². The highest BCUT2D eigenvalue weighted by Gasteiger charge is 2.00. The summed E-state index contributed by atoms with van der Waals surface area (Å²) < 4.78 is 1.19. The first-order chi connectivity index (χ1) is 8.79. The Morgan fingerprint density at radius 1 is 1.11 bits per heavy atom. The Kier molecular flexibility index (Phi) is 5.38. The summed E-state index contributed by atoms with van der Waals surface area (Å²) in [4.78, 5) is 1.36. The fraction of sp³-hybridized carbons (Fsp3) is 0.286. The van der Waals surface area contributed by atoms with E-state index in [1.807, 2.05) is 6.07 Å². The lowest BCUT2D eigenvalue weighted by molar-refractivity contribution is 0.690. The van der Waals surface area contributed by atoms with Gasteiger partial charge in [0.1, 0.15) is 0 Å². The van der Waals surface area contributed by atoms with E-state index in [9.17, 15) is 0 Å². The normalized spacial score (nSPS) is 10.8. The second-order valence-electron chi connectivity index (χ2n) is 4.11. The second-order valence-corrected chi connectivity index (χ2v) is 6.65. The lowest BCUT2D eigenvalue weighted by Crippen LogP contribution is -2.17. The van der Waals surface area contributed by atoms with Gasteiger partial charge < -0.3 is 11.1 Å². The Balaban J connectivity index is 1.78. The summed E-state index contributed by atoms with van der Waals surface area (Å²) >= 11 is 5.25. The molecule has 2 nitrogen and oxygen atoms in total. The van der Waals surface area contributed by atoms with Gasteiger partial charge in [-0.25, -0.2) is 0 Å². The van der Waals surface area contributed by atoms with Crippen LogP contribution in [-0.4, -0.2) is 6.54 Å².